The normalized spacial score (nSPS) is 13.3. The summed E-state index contributed by atoms with van der Waals surface area (Å²) in [7, 11) is 0. The lowest BCUT2D eigenvalue weighted by Gasteiger charge is -2.25. The van der Waals surface area contributed by atoms with Crippen LogP contribution in [0.15, 0.2) is 18.2 Å². The molecule has 1 aromatic carbocycles. The number of carboxylic acids is 1. The van der Waals surface area contributed by atoms with E-state index in [1.54, 1.807) is 12.1 Å². The largest absolute Gasteiger partial charge is 0.481 e. The van der Waals surface area contributed by atoms with Gasteiger partial charge in [0, 0.05) is 0 Å². The Hall–Kier alpha value is -1.22. The van der Waals surface area contributed by atoms with Crippen LogP contribution in [0.3, 0.4) is 0 Å². The number of nitrogen functional groups attached to an aromatic ring is 1. The third-order valence-electron chi connectivity index (χ3n) is 2.77. The van der Waals surface area contributed by atoms with Crippen molar-refractivity contribution in [2.24, 2.45) is 5.41 Å². The maximum absolute atomic E-state index is 11.0. The molecule has 3 N–H and O–H groups in total. The molecular formula is C14H20ClNO2. The number of hydrogen-bond donors (Lipinski definition) is 2. The van der Waals surface area contributed by atoms with Crippen molar-refractivity contribution < 1.29 is 9.90 Å². The van der Waals surface area contributed by atoms with Gasteiger partial charge in [-0.05, 0) is 35.4 Å². The molecule has 0 aliphatic heterocycles. The van der Waals surface area contributed by atoms with Crippen molar-refractivity contribution in [2.45, 2.75) is 39.5 Å². The number of aliphatic carboxylic acids is 1. The summed E-state index contributed by atoms with van der Waals surface area (Å²) < 4.78 is 0. The first kappa shape index (κ1) is 14.8. The number of benzene rings is 1. The van der Waals surface area contributed by atoms with Gasteiger partial charge in [-0.25, -0.2) is 0 Å². The predicted octanol–water partition coefficient (Wildman–Crippen LogP) is 3.92. The highest BCUT2D eigenvalue weighted by molar-refractivity contribution is 6.33. The van der Waals surface area contributed by atoms with Gasteiger partial charge >= 0.3 is 5.97 Å². The van der Waals surface area contributed by atoms with Crippen molar-refractivity contribution in [1.29, 1.82) is 0 Å². The lowest BCUT2D eigenvalue weighted by molar-refractivity contribution is -0.137. The van der Waals surface area contributed by atoms with E-state index in [0.717, 1.165) is 12.0 Å². The van der Waals surface area contributed by atoms with Gasteiger partial charge in [0.25, 0.3) is 0 Å². The lowest BCUT2D eigenvalue weighted by atomic mass is 9.80. The van der Waals surface area contributed by atoms with Crippen LogP contribution in [0, 0.1) is 5.41 Å². The molecule has 0 saturated carbocycles. The molecular weight excluding hydrogens is 250 g/mol. The van der Waals surface area contributed by atoms with Gasteiger partial charge in [0.15, 0.2) is 0 Å². The van der Waals surface area contributed by atoms with E-state index < -0.39 is 5.97 Å². The summed E-state index contributed by atoms with van der Waals surface area (Å²) in [6.07, 6.45) is 0.902. The zero-order chi connectivity index (χ0) is 13.9. The topological polar surface area (TPSA) is 63.3 Å². The van der Waals surface area contributed by atoms with Crippen LogP contribution < -0.4 is 5.73 Å². The number of halogens is 1. The molecule has 4 heteroatoms. The average molecular weight is 270 g/mol. The summed E-state index contributed by atoms with van der Waals surface area (Å²) >= 11 is 5.88. The van der Waals surface area contributed by atoms with E-state index in [2.05, 4.69) is 20.8 Å². The van der Waals surface area contributed by atoms with Gasteiger partial charge in [-0.1, -0.05) is 38.4 Å². The number of nitrogens with two attached hydrogens (primary N) is 1. The molecule has 0 saturated heterocycles. The van der Waals surface area contributed by atoms with E-state index in [1.807, 2.05) is 6.07 Å². The number of rotatable bonds is 4. The van der Waals surface area contributed by atoms with Crippen LogP contribution in [-0.4, -0.2) is 11.1 Å². The van der Waals surface area contributed by atoms with Crippen molar-refractivity contribution in [3.05, 3.63) is 28.8 Å². The standard InChI is InChI=1S/C14H20ClNO2/c1-14(2,3)8-10(7-13(17)18)9-4-5-11(15)12(16)6-9/h4-6,10H,7-8,16H2,1-3H3,(H,17,18)/t10-/m1/s1. The molecule has 1 atom stereocenters. The summed E-state index contributed by atoms with van der Waals surface area (Å²) in [6, 6.07) is 5.36. The van der Waals surface area contributed by atoms with Crippen LogP contribution >= 0.6 is 11.6 Å². The second kappa shape index (κ2) is 5.61. The molecule has 100 valence electrons. The van der Waals surface area contributed by atoms with Gasteiger partial charge in [0.1, 0.15) is 0 Å². The SMILES string of the molecule is CC(C)(C)C[C@@H](CC(=O)O)c1ccc(Cl)c(N)c1. The summed E-state index contributed by atoms with van der Waals surface area (Å²) in [5, 5.41) is 9.51. The van der Waals surface area contributed by atoms with Gasteiger partial charge in [0.05, 0.1) is 17.1 Å². The molecule has 1 rings (SSSR count). The van der Waals surface area contributed by atoms with E-state index in [1.165, 1.54) is 0 Å². The second-order valence-electron chi connectivity index (χ2n) is 5.84. The fraction of sp³-hybridized carbons (Fsp3) is 0.500. The fourth-order valence-corrected chi connectivity index (χ4v) is 2.19. The first-order valence-corrected chi connectivity index (χ1v) is 6.33. The molecule has 0 amide bonds. The van der Waals surface area contributed by atoms with E-state index in [-0.39, 0.29) is 17.8 Å². The molecule has 0 aliphatic carbocycles. The molecule has 0 fully saturated rings. The van der Waals surface area contributed by atoms with E-state index in [9.17, 15) is 4.79 Å². The summed E-state index contributed by atoms with van der Waals surface area (Å²) in [5.41, 5.74) is 7.28. The molecule has 0 spiro atoms. The molecule has 3 nitrogen and oxygen atoms in total. The smallest absolute Gasteiger partial charge is 0.303 e. The van der Waals surface area contributed by atoms with Crippen LogP contribution in [0.25, 0.3) is 0 Å². The molecule has 0 aliphatic rings. The van der Waals surface area contributed by atoms with Crippen molar-refractivity contribution >= 4 is 23.3 Å². The molecule has 0 heterocycles. The van der Waals surface area contributed by atoms with E-state index in [4.69, 9.17) is 22.4 Å². The Labute approximate surface area is 113 Å². The number of carboxylic acid groups (broad SMARTS) is 1. The lowest BCUT2D eigenvalue weighted by Crippen LogP contribution is -2.15. The maximum Gasteiger partial charge on any atom is 0.303 e. The highest BCUT2D eigenvalue weighted by atomic mass is 35.5. The van der Waals surface area contributed by atoms with Crippen molar-refractivity contribution in [3.63, 3.8) is 0 Å². The van der Waals surface area contributed by atoms with Crippen molar-refractivity contribution in [3.8, 4) is 0 Å². The third-order valence-corrected chi connectivity index (χ3v) is 3.12. The Kier molecular flexibility index (Phi) is 4.63. The van der Waals surface area contributed by atoms with Gasteiger partial charge in [0.2, 0.25) is 0 Å². The molecule has 0 aromatic heterocycles. The van der Waals surface area contributed by atoms with Crippen molar-refractivity contribution in [1.82, 2.24) is 0 Å². The van der Waals surface area contributed by atoms with Gasteiger partial charge < -0.3 is 10.8 Å². The number of carbonyl (C=O) groups is 1. The quantitative estimate of drug-likeness (QED) is 0.815. The molecule has 0 radical (unpaired) electrons. The Morgan fingerprint density at radius 3 is 2.50 bits per heavy atom. The van der Waals surface area contributed by atoms with E-state index >= 15 is 0 Å². The highest BCUT2D eigenvalue weighted by Crippen LogP contribution is 2.35. The Bertz CT molecular complexity index is 438. The minimum atomic E-state index is -0.794. The number of anilines is 1. The molecule has 0 bridgehead atoms. The monoisotopic (exact) mass is 269 g/mol. The zero-order valence-electron chi connectivity index (χ0n) is 11.0. The summed E-state index contributed by atoms with van der Waals surface area (Å²) in [5.74, 6) is -0.833. The van der Waals surface area contributed by atoms with Crippen LogP contribution in [0.1, 0.15) is 45.1 Å². The zero-order valence-corrected chi connectivity index (χ0v) is 11.8. The molecule has 0 unspecified atom stereocenters. The highest BCUT2D eigenvalue weighted by Gasteiger charge is 2.23. The summed E-state index contributed by atoms with van der Waals surface area (Å²) in [6.45, 7) is 6.30. The number of hydrogen-bond acceptors (Lipinski definition) is 2. The average Bonchev–Trinajstić information content (AvgIpc) is 2.18. The Balaban J connectivity index is 3.01. The molecule has 1 aromatic rings. The predicted molar refractivity (Wildman–Crippen MR) is 74.9 cm³/mol. The van der Waals surface area contributed by atoms with Crippen molar-refractivity contribution in [2.75, 3.05) is 5.73 Å². The first-order chi connectivity index (χ1) is 8.19. The minimum absolute atomic E-state index is 0.0398. The minimum Gasteiger partial charge on any atom is -0.481 e. The fourth-order valence-electron chi connectivity index (χ4n) is 2.07. The maximum atomic E-state index is 11.0. The first-order valence-electron chi connectivity index (χ1n) is 5.96. The van der Waals surface area contributed by atoms with Gasteiger partial charge in [-0.3, -0.25) is 4.79 Å². The van der Waals surface area contributed by atoms with Crippen LogP contribution in [0.5, 0.6) is 0 Å². The Morgan fingerprint density at radius 2 is 2.06 bits per heavy atom. The van der Waals surface area contributed by atoms with Crippen LogP contribution in [0.4, 0.5) is 5.69 Å². The van der Waals surface area contributed by atoms with Crippen LogP contribution in [0.2, 0.25) is 5.02 Å². The van der Waals surface area contributed by atoms with Gasteiger partial charge in [-0.15, -0.1) is 0 Å². The second-order valence-corrected chi connectivity index (χ2v) is 6.25. The van der Waals surface area contributed by atoms with Crippen LogP contribution in [-0.2, 0) is 4.79 Å². The van der Waals surface area contributed by atoms with Gasteiger partial charge in [-0.2, -0.15) is 0 Å². The molecule has 18 heavy (non-hydrogen) atoms. The Morgan fingerprint density at radius 1 is 1.44 bits per heavy atom. The summed E-state index contributed by atoms with van der Waals surface area (Å²) in [4.78, 5) is 11.0. The van der Waals surface area contributed by atoms with E-state index in [0.29, 0.717) is 10.7 Å². The third kappa shape index (κ3) is 4.57.